The van der Waals surface area contributed by atoms with Crippen molar-refractivity contribution >= 4 is 22.9 Å². The van der Waals surface area contributed by atoms with E-state index in [9.17, 15) is 4.55 Å². The van der Waals surface area contributed by atoms with Gasteiger partial charge < -0.3 is 4.55 Å². The first-order valence-corrected chi connectivity index (χ1v) is 7.48. The van der Waals surface area contributed by atoms with Crippen LogP contribution in [0.3, 0.4) is 0 Å². The Labute approximate surface area is 93.5 Å². The normalized spacial score (nSPS) is 17.0. The molecule has 0 saturated carbocycles. The molecule has 3 heteroatoms. The van der Waals surface area contributed by atoms with E-state index in [0.717, 1.165) is 4.90 Å². The van der Waals surface area contributed by atoms with Crippen molar-refractivity contribution in [1.29, 1.82) is 0 Å². The summed E-state index contributed by atoms with van der Waals surface area (Å²) in [6, 6.07) is 9.40. The zero-order valence-corrected chi connectivity index (χ0v) is 10.1. The van der Waals surface area contributed by atoms with E-state index in [2.05, 4.69) is 11.8 Å². The number of thioether (sulfide) groups is 1. The Morgan fingerprint density at radius 1 is 1.14 bits per heavy atom. The molecular formula is C11H16OS2. The molecular weight excluding hydrogens is 212 g/mol. The Balaban J connectivity index is 0.000000165. The minimum absolute atomic E-state index is 0.829. The summed E-state index contributed by atoms with van der Waals surface area (Å²) in [6.45, 7) is 0. The van der Waals surface area contributed by atoms with Gasteiger partial charge in [0.05, 0.1) is 0 Å². The van der Waals surface area contributed by atoms with Crippen molar-refractivity contribution in [2.75, 3.05) is 17.8 Å². The molecule has 78 valence electrons. The summed E-state index contributed by atoms with van der Waals surface area (Å²) in [5.74, 6) is 2.83. The largest absolute Gasteiger partial charge is 0.612 e. The molecule has 1 aliphatic heterocycles. The van der Waals surface area contributed by atoms with Crippen LogP contribution in [0, 0.1) is 0 Å². The van der Waals surface area contributed by atoms with Gasteiger partial charge in [-0.05, 0) is 47.7 Å². The molecule has 1 aromatic rings. The second-order valence-corrected chi connectivity index (χ2v) is 5.69. The molecule has 1 aromatic carbocycles. The van der Waals surface area contributed by atoms with Crippen LogP contribution in [-0.2, 0) is 11.2 Å². The fourth-order valence-corrected chi connectivity index (χ4v) is 2.68. The molecule has 1 nitrogen and oxygen atoms in total. The highest BCUT2D eigenvalue weighted by molar-refractivity contribution is 7.99. The predicted octanol–water partition coefficient (Wildman–Crippen LogP) is 2.94. The lowest BCUT2D eigenvalue weighted by molar-refractivity contribution is 0.601. The highest BCUT2D eigenvalue weighted by Gasteiger charge is 1.98. The van der Waals surface area contributed by atoms with Gasteiger partial charge in [0.2, 0.25) is 0 Å². The van der Waals surface area contributed by atoms with Gasteiger partial charge in [-0.2, -0.15) is 11.8 Å². The lowest BCUT2D eigenvalue weighted by atomic mass is 10.4. The van der Waals surface area contributed by atoms with Crippen LogP contribution in [0.2, 0.25) is 0 Å². The number of benzene rings is 1. The maximum absolute atomic E-state index is 10.8. The molecule has 0 bridgehead atoms. The summed E-state index contributed by atoms with van der Waals surface area (Å²) in [7, 11) is 0. The van der Waals surface area contributed by atoms with Gasteiger partial charge in [-0.1, -0.05) is 18.2 Å². The Kier molecular flexibility index (Phi) is 6.15. The minimum Gasteiger partial charge on any atom is -0.612 e. The Hall–Kier alpha value is -0.120. The van der Waals surface area contributed by atoms with Crippen LogP contribution in [-0.4, -0.2) is 22.3 Å². The van der Waals surface area contributed by atoms with E-state index in [-0.39, 0.29) is 0 Å². The number of hydrogen-bond donors (Lipinski definition) is 0. The second kappa shape index (κ2) is 7.21. The molecule has 1 saturated heterocycles. The van der Waals surface area contributed by atoms with E-state index in [0.29, 0.717) is 0 Å². The third-order valence-corrected chi connectivity index (χ3v) is 3.99. The van der Waals surface area contributed by atoms with E-state index in [1.54, 1.807) is 6.26 Å². The van der Waals surface area contributed by atoms with Crippen LogP contribution in [0.4, 0.5) is 0 Å². The van der Waals surface area contributed by atoms with Crippen LogP contribution >= 0.6 is 11.8 Å². The Morgan fingerprint density at radius 2 is 1.71 bits per heavy atom. The SMILES string of the molecule is C1CCSC1.C[S+]([O-])c1ccccc1. The summed E-state index contributed by atoms with van der Waals surface area (Å²) in [5.41, 5.74) is 0. The van der Waals surface area contributed by atoms with Crippen LogP contribution in [0.25, 0.3) is 0 Å². The molecule has 0 N–H and O–H groups in total. The predicted molar refractivity (Wildman–Crippen MR) is 65.3 cm³/mol. The third-order valence-electron chi connectivity index (χ3n) is 1.90. The van der Waals surface area contributed by atoms with E-state index in [4.69, 9.17) is 0 Å². The average molecular weight is 228 g/mol. The monoisotopic (exact) mass is 228 g/mol. The summed E-state index contributed by atoms with van der Waals surface area (Å²) in [6.07, 6.45) is 4.60. The maximum Gasteiger partial charge on any atom is 0.152 e. The lowest BCUT2D eigenvalue weighted by Gasteiger charge is -2.01. The van der Waals surface area contributed by atoms with E-state index < -0.39 is 11.2 Å². The zero-order chi connectivity index (χ0) is 10.2. The topological polar surface area (TPSA) is 23.1 Å². The summed E-state index contributed by atoms with van der Waals surface area (Å²) in [4.78, 5) is 0.887. The molecule has 0 amide bonds. The molecule has 1 atom stereocenters. The van der Waals surface area contributed by atoms with Crippen molar-refractivity contribution in [3.8, 4) is 0 Å². The van der Waals surface area contributed by atoms with E-state index in [1.807, 2.05) is 30.3 Å². The highest BCUT2D eigenvalue weighted by Crippen LogP contribution is 2.14. The van der Waals surface area contributed by atoms with Crippen LogP contribution in [0.5, 0.6) is 0 Å². The summed E-state index contributed by atoms with van der Waals surface area (Å²) < 4.78 is 10.8. The molecule has 2 rings (SSSR count). The molecule has 1 fully saturated rings. The lowest BCUT2D eigenvalue weighted by Crippen LogP contribution is -1.95. The standard InChI is InChI=1S/C7H8OS.C4H8S/c1-9(8)7-5-3-2-4-6-7;1-2-4-5-3-1/h2-6H,1H3;1-4H2. The van der Waals surface area contributed by atoms with Crippen molar-refractivity contribution in [1.82, 2.24) is 0 Å². The van der Waals surface area contributed by atoms with E-state index in [1.165, 1.54) is 24.3 Å². The van der Waals surface area contributed by atoms with Crippen molar-refractivity contribution < 1.29 is 4.55 Å². The first kappa shape index (κ1) is 12.0. The average Bonchev–Trinajstić information content (AvgIpc) is 2.77. The zero-order valence-electron chi connectivity index (χ0n) is 8.44. The van der Waals surface area contributed by atoms with E-state index >= 15 is 0 Å². The van der Waals surface area contributed by atoms with Crippen molar-refractivity contribution in [2.45, 2.75) is 17.7 Å². The Bertz CT molecular complexity index is 225. The minimum atomic E-state index is -0.829. The van der Waals surface area contributed by atoms with Crippen LogP contribution < -0.4 is 0 Å². The fraction of sp³-hybridized carbons (Fsp3) is 0.455. The molecule has 1 heterocycles. The first-order valence-electron chi connectivity index (χ1n) is 4.77. The molecule has 0 radical (unpaired) electrons. The van der Waals surface area contributed by atoms with Crippen molar-refractivity contribution in [3.05, 3.63) is 30.3 Å². The van der Waals surface area contributed by atoms with Gasteiger partial charge in [-0.3, -0.25) is 0 Å². The Morgan fingerprint density at radius 3 is 2.00 bits per heavy atom. The van der Waals surface area contributed by atoms with Crippen molar-refractivity contribution in [3.63, 3.8) is 0 Å². The highest BCUT2D eigenvalue weighted by atomic mass is 32.2. The molecule has 14 heavy (non-hydrogen) atoms. The van der Waals surface area contributed by atoms with Gasteiger partial charge in [0.15, 0.2) is 4.90 Å². The maximum atomic E-state index is 10.8. The smallest absolute Gasteiger partial charge is 0.152 e. The quantitative estimate of drug-likeness (QED) is 0.690. The van der Waals surface area contributed by atoms with Gasteiger partial charge in [-0.15, -0.1) is 0 Å². The molecule has 0 aromatic heterocycles. The van der Waals surface area contributed by atoms with Gasteiger partial charge in [0.25, 0.3) is 0 Å². The molecule has 0 spiro atoms. The van der Waals surface area contributed by atoms with Crippen LogP contribution in [0.15, 0.2) is 35.2 Å². The summed E-state index contributed by atoms with van der Waals surface area (Å²) >= 11 is 1.25. The van der Waals surface area contributed by atoms with Gasteiger partial charge in [0, 0.05) is 0 Å². The molecule has 0 aliphatic carbocycles. The third kappa shape index (κ3) is 4.94. The number of hydrogen-bond acceptors (Lipinski definition) is 2. The van der Waals surface area contributed by atoms with Crippen molar-refractivity contribution in [2.24, 2.45) is 0 Å². The first-order chi connectivity index (χ1) is 6.80. The van der Waals surface area contributed by atoms with Gasteiger partial charge >= 0.3 is 0 Å². The van der Waals surface area contributed by atoms with Gasteiger partial charge in [0.1, 0.15) is 6.26 Å². The number of rotatable bonds is 1. The van der Waals surface area contributed by atoms with Gasteiger partial charge in [-0.25, -0.2) is 0 Å². The van der Waals surface area contributed by atoms with Crippen LogP contribution in [0.1, 0.15) is 12.8 Å². The summed E-state index contributed by atoms with van der Waals surface area (Å²) in [5, 5.41) is 0. The fourth-order valence-electron chi connectivity index (χ4n) is 1.12. The molecule has 1 aliphatic rings. The molecule has 1 unspecified atom stereocenters. The second-order valence-electron chi connectivity index (χ2n) is 3.09.